The van der Waals surface area contributed by atoms with Crippen molar-refractivity contribution in [1.29, 1.82) is 0 Å². The average molecular weight is 213 g/mol. The Morgan fingerprint density at radius 3 is 3.00 bits per heavy atom. The summed E-state index contributed by atoms with van der Waals surface area (Å²) in [4.78, 5) is 15.2. The Balaban J connectivity index is 2.47. The minimum atomic E-state index is -0.0124. The lowest BCUT2D eigenvalue weighted by Gasteiger charge is -2.03. The van der Waals surface area contributed by atoms with Gasteiger partial charge in [0.05, 0.1) is 0 Å². The van der Waals surface area contributed by atoms with Crippen molar-refractivity contribution in [3.05, 3.63) is 23.4 Å². The van der Waals surface area contributed by atoms with Crippen molar-refractivity contribution < 1.29 is 4.79 Å². The Labute approximate surface area is 88.5 Å². The van der Waals surface area contributed by atoms with E-state index >= 15 is 0 Å². The van der Waals surface area contributed by atoms with Crippen LogP contribution in [-0.2, 0) is 4.79 Å². The van der Waals surface area contributed by atoms with Crippen molar-refractivity contribution in [2.24, 2.45) is 0 Å². The number of rotatable bonds is 4. The molecule has 0 unspecified atom stereocenters. The van der Waals surface area contributed by atoms with Crippen LogP contribution >= 0.6 is 11.6 Å². The normalized spacial score (nSPS) is 9.86. The van der Waals surface area contributed by atoms with E-state index in [4.69, 9.17) is 11.6 Å². The van der Waals surface area contributed by atoms with Gasteiger partial charge in [0, 0.05) is 6.42 Å². The molecule has 0 aliphatic rings. The van der Waals surface area contributed by atoms with Gasteiger partial charge in [-0.2, -0.15) is 0 Å². The molecule has 1 aromatic rings. The number of carbonyl (C=O) groups excluding carboxylic acids is 1. The van der Waals surface area contributed by atoms with Gasteiger partial charge in [-0.15, -0.1) is 0 Å². The maximum Gasteiger partial charge on any atom is 0.225 e. The van der Waals surface area contributed by atoms with Crippen LogP contribution in [0.5, 0.6) is 0 Å². The van der Waals surface area contributed by atoms with Crippen molar-refractivity contribution in [3.8, 4) is 0 Å². The molecule has 0 radical (unpaired) electrons. The Morgan fingerprint density at radius 2 is 2.36 bits per heavy atom. The standard InChI is InChI=1S/C10H13ClN2O/c1-2-3-7-10(14)13-9-6-4-5-8(11)12-9/h4-6H,2-3,7H2,1H3,(H,12,13,14). The lowest BCUT2D eigenvalue weighted by Crippen LogP contribution is -2.11. The van der Waals surface area contributed by atoms with E-state index in [1.54, 1.807) is 18.2 Å². The summed E-state index contributed by atoms with van der Waals surface area (Å²) < 4.78 is 0. The number of amides is 1. The molecule has 0 bridgehead atoms. The number of nitrogens with zero attached hydrogens (tertiary/aromatic N) is 1. The monoisotopic (exact) mass is 212 g/mol. The minimum absolute atomic E-state index is 0.0124. The highest BCUT2D eigenvalue weighted by Crippen LogP contribution is 2.09. The summed E-state index contributed by atoms with van der Waals surface area (Å²) in [6, 6.07) is 5.14. The zero-order valence-electron chi connectivity index (χ0n) is 8.09. The van der Waals surface area contributed by atoms with Gasteiger partial charge in [0.15, 0.2) is 0 Å². The smallest absolute Gasteiger partial charge is 0.225 e. The van der Waals surface area contributed by atoms with Gasteiger partial charge < -0.3 is 5.32 Å². The van der Waals surface area contributed by atoms with Crippen LogP contribution in [0.3, 0.4) is 0 Å². The average Bonchev–Trinajstić information content (AvgIpc) is 2.15. The van der Waals surface area contributed by atoms with E-state index in [0.29, 0.717) is 17.4 Å². The lowest BCUT2D eigenvalue weighted by atomic mass is 10.2. The van der Waals surface area contributed by atoms with Crippen LogP contribution in [0.2, 0.25) is 5.15 Å². The summed E-state index contributed by atoms with van der Waals surface area (Å²) >= 11 is 5.67. The Kier molecular flexibility index (Phi) is 4.40. The third-order valence-corrected chi connectivity index (χ3v) is 1.95. The first-order valence-electron chi connectivity index (χ1n) is 4.64. The first-order chi connectivity index (χ1) is 6.72. The van der Waals surface area contributed by atoms with Crippen LogP contribution in [0.4, 0.5) is 5.82 Å². The van der Waals surface area contributed by atoms with Crippen LogP contribution in [0, 0.1) is 0 Å². The summed E-state index contributed by atoms with van der Waals surface area (Å²) in [7, 11) is 0. The number of carbonyl (C=O) groups is 1. The highest BCUT2D eigenvalue weighted by Gasteiger charge is 2.02. The molecule has 0 aliphatic heterocycles. The molecule has 0 saturated carbocycles. The van der Waals surface area contributed by atoms with Crippen molar-refractivity contribution in [1.82, 2.24) is 4.98 Å². The number of anilines is 1. The SMILES string of the molecule is CCCCC(=O)Nc1cccc(Cl)n1. The molecule has 1 heterocycles. The van der Waals surface area contributed by atoms with E-state index in [-0.39, 0.29) is 5.91 Å². The summed E-state index contributed by atoms with van der Waals surface area (Å²) in [5, 5.41) is 3.07. The number of hydrogen-bond donors (Lipinski definition) is 1. The van der Waals surface area contributed by atoms with Crippen LogP contribution in [0.25, 0.3) is 0 Å². The van der Waals surface area contributed by atoms with Gasteiger partial charge in [0.1, 0.15) is 11.0 Å². The number of halogens is 1. The predicted molar refractivity (Wildman–Crippen MR) is 57.4 cm³/mol. The molecule has 4 heteroatoms. The first kappa shape index (κ1) is 11.0. The maximum absolute atomic E-state index is 11.3. The number of aromatic nitrogens is 1. The zero-order chi connectivity index (χ0) is 10.4. The molecule has 0 spiro atoms. The summed E-state index contributed by atoms with van der Waals surface area (Å²) in [5.74, 6) is 0.500. The number of hydrogen-bond acceptors (Lipinski definition) is 2. The van der Waals surface area contributed by atoms with E-state index in [9.17, 15) is 4.79 Å². The fourth-order valence-corrected chi connectivity index (χ4v) is 1.18. The fraction of sp³-hybridized carbons (Fsp3) is 0.400. The van der Waals surface area contributed by atoms with Crippen LogP contribution in [0.15, 0.2) is 18.2 Å². The molecule has 1 aromatic heterocycles. The van der Waals surface area contributed by atoms with Gasteiger partial charge in [-0.3, -0.25) is 4.79 Å². The molecule has 0 aliphatic carbocycles. The van der Waals surface area contributed by atoms with E-state index < -0.39 is 0 Å². The second-order valence-electron chi connectivity index (χ2n) is 3.00. The van der Waals surface area contributed by atoms with Gasteiger partial charge in [0.2, 0.25) is 5.91 Å². The molecule has 14 heavy (non-hydrogen) atoms. The second-order valence-corrected chi connectivity index (χ2v) is 3.38. The molecule has 0 aromatic carbocycles. The van der Waals surface area contributed by atoms with Crippen molar-refractivity contribution >= 4 is 23.3 Å². The molecule has 0 atom stereocenters. The van der Waals surface area contributed by atoms with E-state index in [1.807, 2.05) is 6.92 Å². The van der Waals surface area contributed by atoms with Crippen LogP contribution in [-0.4, -0.2) is 10.9 Å². The highest BCUT2D eigenvalue weighted by atomic mass is 35.5. The second kappa shape index (κ2) is 5.60. The maximum atomic E-state index is 11.3. The quantitative estimate of drug-likeness (QED) is 0.780. The van der Waals surface area contributed by atoms with E-state index in [2.05, 4.69) is 10.3 Å². The minimum Gasteiger partial charge on any atom is -0.311 e. The molecular weight excluding hydrogens is 200 g/mol. The van der Waals surface area contributed by atoms with Gasteiger partial charge in [0.25, 0.3) is 0 Å². The molecule has 0 fully saturated rings. The first-order valence-corrected chi connectivity index (χ1v) is 5.02. The van der Waals surface area contributed by atoms with Crippen LogP contribution in [0.1, 0.15) is 26.2 Å². The molecule has 1 rings (SSSR count). The number of unbranched alkanes of at least 4 members (excludes halogenated alkanes) is 1. The fourth-order valence-electron chi connectivity index (χ4n) is 1.02. The van der Waals surface area contributed by atoms with Crippen LogP contribution < -0.4 is 5.32 Å². The lowest BCUT2D eigenvalue weighted by molar-refractivity contribution is -0.116. The van der Waals surface area contributed by atoms with E-state index in [0.717, 1.165) is 12.8 Å². The third-order valence-electron chi connectivity index (χ3n) is 1.74. The van der Waals surface area contributed by atoms with Crippen molar-refractivity contribution in [2.45, 2.75) is 26.2 Å². The third kappa shape index (κ3) is 3.75. The Bertz CT molecular complexity index is 315. The molecule has 76 valence electrons. The molecule has 1 amide bonds. The van der Waals surface area contributed by atoms with Gasteiger partial charge >= 0.3 is 0 Å². The number of nitrogens with one attached hydrogen (secondary N) is 1. The molecule has 3 nitrogen and oxygen atoms in total. The van der Waals surface area contributed by atoms with E-state index in [1.165, 1.54) is 0 Å². The van der Waals surface area contributed by atoms with Gasteiger partial charge in [-0.05, 0) is 18.6 Å². The van der Waals surface area contributed by atoms with Gasteiger partial charge in [-0.1, -0.05) is 31.0 Å². The summed E-state index contributed by atoms with van der Waals surface area (Å²) in [6.07, 6.45) is 2.44. The highest BCUT2D eigenvalue weighted by molar-refractivity contribution is 6.29. The zero-order valence-corrected chi connectivity index (χ0v) is 8.84. The summed E-state index contributed by atoms with van der Waals surface area (Å²) in [6.45, 7) is 2.05. The van der Waals surface area contributed by atoms with Crippen molar-refractivity contribution in [2.75, 3.05) is 5.32 Å². The molecule has 0 saturated heterocycles. The Hall–Kier alpha value is -1.09. The number of pyridine rings is 1. The summed E-state index contributed by atoms with van der Waals surface area (Å²) in [5.41, 5.74) is 0. The Morgan fingerprint density at radius 1 is 1.57 bits per heavy atom. The molecular formula is C10H13ClN2O. The largest absolute Gasteiger partial charge is 0.311 e. The predicted octanol–water partition coefficient (Wildman–Crippen LogP) is 2.86. The topological polar surface area (TPSA) is 42.0 Å². The molecule has 1 N–H and O–H groups in total. The van der Waals surface area contributed by atoms with Crippen molar-refractivity contribution in [3.63, 3.8) is 0 Å². The van der Waals surface area contributed by atoms with Gasteiger partial charge in [-0.25, -0.2) is 4.98 Å².